The molecule has 0 fully saturated rings. The van der Waals surface area contributed by atoms with Crippen LogP contribution in [-0.2, 0) is 10.1 Å². The lowest BCUT2D eigenvalue weighted by atomic mass is 10.3. The maximum absolute atomic E-state index is 11.4. The molecule has 0 saturated heterocycles. The summed E-state index contributed by atoms with van der Waals surface area (Å²) >= 11 is 0. The van der Waals surface area contributed by atoms with Crippen molar-refractivity contribution in [2.24, 2.45) is 0 Å². The summed E-state index contributed by atoms with van der Waals surface area (Å²) < 4.78 is 30.4. The van der Waals surface area contributed by atoms with Crippen molar-refractivity contribution in [2.75, 3.05) is 11.9 Å². The molecule has 2 amide bonds. The molecule has 0 bridgehead atoms. The fourth-order valence-corrected chi connectivity index (χ4v) is 1.74. The van der Waals surface area contributed by atoms with Crippen molar-refractivity contribution in [3.8, 4) is 0 Å². The molecule has 0 atom stereocenters. The maximum Gasteiger partial charge on any atom is 0.319 e. The van der Waals surface area contributed by atoms with E-state index in [1.807, 2.05) is 6.92 Å². The summed E-state index contributed by atoms with van der Waals surface area (Å²) in [6.07, 6.45) is 1.89. The first-order valence-corrected chi connectivity index (χ1v) is 7.00. The van der Waals surface area contributed by atoms with Crippen LogP contribution in [0.2, 0.25) is 0 Å². The van der Waals surface area contributed by atoms with Gasteiger partial charge in [-0.05, 0) is 30.7 Å². The molecule has 0 saturated carbocycles. The Labute approximate surface area is 106 Å². The van der Waals surface area contributed by atoms with Gasteiger partial charge in [0.15, 0.2) is 0 Å². The van der Waals surface area contributed by atoms with E-state index in [4.69, 9.17) is 4.55 Å². The number of amides is 2. The number of unbranched alkanes of at least 4 members (excludes halogenated alkanes) is 1. The summed E-state index contributed by atoms with van der Waals surface area (Å²) in [7, 11) is -4.19. The van der Waals surface area contributed by atoms with Crippen LogP contribution in [0.25, 0.3) is 0 Å². The Morgan fingerprint density at radius 1 is 1.28 bits per heavy atom. The van der Waals surface area contributed by atoms with Crippen molar-refractivity contribution >= 4 is 21.8 Å². The minimum Gasteiger partial charge on any atom is -0.338 e. The van der Waals surface area contributed by atoms with Crippen LogP contribution in [0.1, 0.15) is 19.8 Å². The van der Waals surface area contributed by atoms with Crippen LogP contribution >= 0.6 is 0 Å². The van der Waals surface area contributed by atoms with Gasteiger partial charge < -0.3 is 10.6 Å². The average Bonchev–Trinajstić information content (AvgIpc) is 2.29. The molecule has 7 heteroatoms. The molecule has 1 rings (SSSR count). The number of carbonyl (C=O) groups excluding carboxylic acids is 1. The van der Waals surface area contributed by atoms with Gasteiger partial charge in [0.2, 0.25) is 0 Å². The first-order valence-electron chi connectivity index (χ1n) is 5.56. The summed E-state index contributed by atoms with van der Waals surface area (Å²) in [5.41, 5.74) is 0.455. The number of carbonyl (C=O) groups is 1. The second-order valence-electron chi connectivity index (χ2n) is 3.73. The van der Waals surface area contributed by atoms with E-state index in [-0.39, 0.29) is 10.9 Å². The van der Waals surface area contributed by atoms with Gasteiger partial charge in [0.05, 0.1) is 4.90 Å². The standard InChI is InChI=1S/C11H16N2O4S/c1-2-3-8-12-11(14)13-9-4-6-10(7-5-9)18(15,16)17/h4-7H,2-3,8H2,1H3,(H2,12,13,14)(H,15,16,17). The molecule has 18 heavy (non-hydrogen) atoms. The molecule has 0 heterocycles. The maximum atomic E-state index is 11.4. The highest BCUT2D eigenvalue weighted by molar-refractivity contribution is 7.85. The number of urea groups is 1. The number of hydrogen-bond donors (Lipinski definition) is 3. The fraction of sp³-hybridized carbons (Fsp3) is 0.364. The lowest BCUT2D eigenvalue weighted by Gasteiger charge is -2.07. The molecule has 0 spiro atoms. The van der Waals surface area contributed by atoms with Crippen molar-refractivity contribution < 1.29 is 17.8 Å². The Bertz CT molecular complexity index is 496. The van der Waals surface area contributed by atoms with Crippen LogP contribution in [0, 0.1) is 0 Å². The number of anilines is 1. The normalized spacial score (nSPS) is 11.0. The van der Waals surface area contributed by atoms with Crippen LogP contribution in [0.3, 0.4) is 0 Å². The lowest BCUT2D eigenvalue weighted by Crippen LogP contribution is -2.29. The fourth-order valence-electron chi connectivity index (χ4n) is 1.26. The van der Waals surface area contributed by atoms with E-state index in [0.29, 0.717) is 12.2 Å². The highest BCUT2D eigenvalue weighted by atomic mass is 32.2. The molecule has 1 aromatic carbocycles. The first-order chi connectivity index (χ1) is 8.43. The van der Waals surface area contributed by atoms with E-state index in [0.717, 1.165) is 12.8 Å². The van der Waals surface area contributed by atoms with Crippen LogP contribution in [-0.4, -0.2) is 25.5 Å². The zero-order valence-electron chi connectivity index (χ0n) is 10.0. The molecule has 3 N–H and O–H groups in total. The zero-order chi connectivity index (χ0) is 13.6. The van der Waals surface area contributed by atoms with Gasteiger partial charge in [-0.25, -0.2) is 4.79 Å². The van der Waals surface area contributed by atoms with Gasteiger partial charge in [-0.15, -0.1) is 0 Å². The summed E-state index contributed by atoms with van der Waals surface area (Å²) in [6, 6.07) is 4.90. The van der Waals surface area contributed by atoms with Gasteiger partial charge in [0, 0.05) is 12.2 Å². The Kier molecular flexibility index (Phi) is 5.11. The smallest absolute Gasteiger partial charge is 0.319 e. The summed E-state index contributed by atoms with van der Waals surface area (Å²) in [6.45, 7) is 2.61. The SMILES string of the molecule is CCCCNC(=O)Nc1ccc(S(=O)(=O)O)cc1. The van der Waals surface area contributed by atoms with E-state index in [1.165, 1.54) is 24.3 Å². The van der Waals surface area contributed by atoms with Crippen molar-refractivity contribution in [1.82, 2.24) is 5.32 Å². The molecule has 0 aromatic heterocycles. The molecule has 0 aliphatic rings. The van der Waals surface area contributed by atoms with Gasteiger partial charge in [-0.3, -0.25) is 4.55 Å². The van der Waals surface area contributed by atoms with E-state index in [9.17, 15) is 13.2 Å². The lowest BCUT2D eigenvalue weighted by molar-refractivity contribution is 0.252. The molecule has 1 aromatic rings. The van der Waals surface area contributed by atoms with Gasteiger partial charge >= 0.3 is 6.03 Å². The third-order valence-corrected chi connectivity index (χ3v) is 3.09. The quantitative estimate of drug-likeness (QED) is 0.563. The van der Waals surface area contributed by atoms with Crippen molar-refractivity contribution in [3.05, 3.63) is 24.3 Å². The van der Waals surface area contributed by atoms with Crippen LogP contribution < -0.4 is 10.6 Å². The van der Waals surface area contributed by atoms with E-state index < -0.39 is 10.1 Å². The van der Waals surface area contributed by atoms with Crippen molar-refractivity contribution in [2.45, 2.75) is 24.7 Å². The predicted octanol–water partition coefficient (Wildman–Crippen LogP) is 1.85. The molecule has 0 aliphatic carbocycles. The third kappa shape index (κ3) is 4.72. The Morgan fingerprint density at radius 3 is 2.39 bits per heavy atom. The number of rotatable bonds is 5. The largest absolute Gasteiger partial charge is 0.338 e. The Morgan fingerprint density at radius 2 is 1.89 bits per heavy atom. The average molecular weight is 272 g/mol. The Balaban J connectivity index is 2.56. The monoisotopic (exact) mass is 272 g/mol. The van der Waals surface area contributed by atoms with Crippen LogP contribution in [0.5, 0.6) is 0 Å². The Hall–Kier alpha value is -1.60. The molecule has 6 nitrogen and oxygen atoms in total. The summed E-state index contributed by atoms with van der Waals surface area (Å²) in [5, 5.41) is 5.21. The van der Waals surface area contributed by atoms with Gasteiger partial charge in [-0.1, -0.05) is 13.3 Å². The van der Waals surface area contributed by atoms with Crippen molar-refractivity contribution in [3.63, 3.8) is 0 Å². The molecular formula is C11H16N2O4S. The summed E-state index contributed by atoms with van der Waals surface area (Å²) in [5.74, 6) is 0. The number of hydrogen-bond acceptors (Lipinski definition) is 3. The minimum atomic E-state index is -4.19. The predicted molar refractivity (Wildman–Crippen MR) is 68.2 cm³/mol. The van der Waals surface area contributed by atoms with Gasteiger partial charge in [0.25, 0.3) is 10.1 Å². The highest BCUT2D eigenvalue weighted by Gasteiger charge is 2.09. The minimum absolute atomic E-state index is 0.209. The molecule has 0 radical (unpaired) electrons. The first kappa shape index (κ1) is 14.5. The third-order valence-electron chi connectivity index (χ3n) is 2.23. The van der Waals surface area contributed by atoms with E-state index >= 15 is 0 Å². The molecule has 0 unspecified atom stereocenters. The second-order valence-corrected chi connectivity index (χ2v) is 5.16. The summed E-state index contributed by atoms with van der Waals surface area (Å²) in [4.78, 5) is 11.2. The van der Waals surface area contributed by atoms with Gasteiger partial charge in [-0.2, -0.15) is 8.42 Å². The molecule has 0 aliphatic heterocycles. The van der Waals surface area contributed by atoms with Crippen molar-refractivity contribution in [1.29, 1.82) is 0 Å². The zero-order valence-corrected chi connectivity index (χ0v) is 10.8. The van der Waals surface area contributed by atoms with Gasteiger partial charge in [0.1, 0.15) is 0 Å². The molecule has 100 valence electrons. The number of nitrogens with one attached hydrogen (secondary N) is 2. The second kappa shape index (κ2) is 6.36. The van der Waals surface area contributed by atoms with E-state index in [1.54, 1.807) is 0 Å². The number of benzene rings is 1. The van der Waals surface area contributed by atoms with Crippen LogP contribution in [0.4, 0.5) is 10.5 Å². The van der Waals surface area contributed by atoms with Crippen LogP contribution in [0.15, 0.2) is 29.2 Å². The highest BCUT2D eigenvalue weighted by Crippen LogP contribution is 2.13. The van der Waals surface area contributed by atoms with E-state index in [2.05, 4.69) is 10.6 Å². The topological polar surface area (TPSA) is 95.5 Å². The molecular weight excluding hydrogens is 256 g/mol.